The first-order chi connectivity index (χ1) is 14.3. The highest BCUT2D eigenvalue weighted by molar-refractivity contribution is 7.09. The summed E-state index contributed by atoms with van der Waals surface area (Å²) in [7, 11) is 0. The van der Waals surface area contributed by atoms with Crippen LogP contribution in [0.5, 0.6) is 0 Å². The minimum atomic E-state index is 0.245. The van der Waals surface area contributed by atoms with E-state index in [9.17, 15) is 4.79 Å². The fourth-order valence-electron chi connectivity index (χ4n) is 3.62. The number of carbonyl (C=O) groups is 1. The molecule has 1 saturated heterocycles. The van der Waals surface area contributed by atoms with Crippen molar-refractivity contribution in [1.29, 1.82) is 0 Å². The first kappa shape index (κ1) is 19.6. The van der Waals surface area contributed by atoms with E-state index >= 15 is 0 Å². The van der Waals surface area contributed by atoms with Gasteiger partial charge in [0, 0.05) is 50.6 Å². The Labute approximate surface area is 176 Å². The number of nitrogens with zero attached hydrogens (tertiary/aromatic N) is 4. The molecule has 0 spiro atoms. The van der Waals surface area contributed by atoms with Gasteiger partial charge in [0.15, 0.2) is 0 Å². The van der Waals surface area contributed by atoms with E-state index in [0.717, 1.165) is 49.9 Å². The lowest BCUT2D eigenvalue weighted by Gasteiger charge is -2.23. The molecule has 0 radical (unpaired) electrons. The number of hydrogen-bond donors (Lipinski definition) is 0. The standard InChI is InChI=1S/C23H26N4OS/c28-22(26-14-7-8-15-26)13-16-27(18-20-11-5-2-6-12-20)23-24-21(25-29-23)17-19-9-3-1-4-10-19/h1-6,9-12H,7-8,13-18H2. The molecular formula is C23H26N4OS. The van der Waals surface area contributed by atoms with E-state index in [4.69, 9.17) is 4.98 Å². The number of rotatable bonds is 8. The average molecular weight is 407 g/mol. The molecule has 0 aliphatic carbocycles. The molecule has 6 heteroatoms. The van der Waals surface area contributed by atoms with Crippen LogP contribution < -0.4 is 4.90 Å². The second kappa shape index (κ2) is 9.65. The molecule has 150 valence electrons. The van der Waals surface area contributed by atoms with Crippen molar-refractivity contribution in [2.75, 3.05) is 24.5 Å². The van der Waals surface area contributed by atoms with Crippen molar-refractivity contribution in [2.24, 2.45) is 0 Å². The number of likely N-dealkylation sites (tertiary alicyclic amines) is 1. The van der Waals surface area contributed by atoms with Crippen molar-refractivity contribution < 1.29 is 4.79 Å². The van der Waals surface area contributed by atoms with Gasteiger partial charge in [-0.3, -0.25) is 4.79 Å². The molecule has 2 heterocycles. The molecule has 4 rings (SSSR count). The summed E-state index contributed by atoms with van der Waals surface area (Å²) in [6.07, 6.45) is 3.49. The summed E-state index contributed by atoms with van der Waals surface area (Å²) >= 11 is 1.42. The lowest BCUT2D eigenvalue weighted by Crippen LogP contribution is -2.32. The van der Waals surface area contributed by atoms with Crippen LogP contribution >= 0.6 is 11.5 Å². The van der Waals surface area contributed by atoms with E-state index in [1.54, 1.807) is 0 Å². The molecule has 1 aliphatic rings. The number of hydrogen-bond acceptors (Lipinski definition) is 5. The number of carbonyl (C=O) groups excluding carboxylic acids is 1. The Hall–Kier alpha value is -2.73. The third-order valence-corrected chi connectivity index (χ3v) is 6.02. The second-order valence-corrected chi connectivity index (χ2v) is 8.13. The molecular weight excluding hydrogens is 380 g/mol. The predicted molar refractivity (Wildman–Crippen MR) is 117 cm³/mol. The maximum absolute atomic E-state index is 12.5. The van der Waals surface area contributed by atoms with Crippen molar-refractivity contribution in [2.45, 2.75) is 32.2 Å². The number of anilines is 1. The lowest BCUT2D eigenvalue weighted by molar-refractivity contribution is -0.129. The summed E-state index contributed by atoms with van der Waals surface area (Å²) in [6, 6.07) is 20.6. The highest BCUT2D eigenvalue weighted by Gasteiger charge is 2.20. The molecule has 0 unspecified atom stereocenters. The Morgan fingerprint density at radius 2 is 1.62 bits per heavy atom. The van der Waals surface area contributed by atoms with Crippen LogP contribution in [0.2, 0.25) is 0 Å². The van der Waals surface area contributed by atoms with Crippen LogP contribution in [0.1, 0.15) is 36.2 Å². The topological polar surface area (TPSA) is 49.3 Å². The molecule has 0 atom stereocenters. The van der Waals surface area contributed by atoms with E-state index in [2.05, 4.69) is 33.5 Å². The van der Waals surface area contributed by atoms with Crippen molar-refractivity contribution in [3.05, 3.63) is 77.6 Å². The second-order valence-electron chi connectivity index (χ2n) is 7.40. The molecule has 29 heavy (non-hydrogen) atoms. The van der Waals surface area contributed by atoms with Gasteiger partial charge in [-0.05, 0) is 24.0 Å². The molecule has 5 nitrogen and oxygen atoms in total. The van der Waals surface area contributed by atoms with Gasteiger partial charge in [-0.2, -0.15) is 4.37 Å². The molecule has 1 fully saturated rings. The summed E-state index contributed by atoms with van der Waals surface area (Å²) in [6.45, 7) is 3.19. The van der Waals surface area contributed by atoms with Crippen LogP contribution in [0.25, 0.3) is 0 Å². The fraction of sp³-hybridized carbons (Fsp3) is 0.348. The summed E-state index contributed by atoms with van der Waals surface area (Å²) < 4.78 is 4.57. The van der Waals surface area contributed by atoms with Crippen LogP contribution in [0.3, 0.4) is 0 Å². The van der Waals surface area contributed by atoms with Crippen LogP contribution in [-0.2, 0) is 17.8 Å². The Bertz CT molecular complexity index is 907. The SMILES string of the molecule is O=C(CCN(Cc1ccccc1)c1nc(Cc2ccccc2)ns1)N1CCCC1. The Balaban J connectivity index is 1.46. The van der Waals surface area contributed by atoms with Gasteiger partial charge in [0.25, 0.3) is 0 Å². The number of amides is 1. The predicted octanol–water partition coefficient (Wildman–Crippen LogP) is 4.15. The number of benzene rings is 2. The van der Waals surface area contributed by atoms with Crippen molar-refractivity contribution >= 4 is 22.6 Å². The van der Waals surface area contributed by atoms with E-state index in [-0.39, 0.29) is 5.91 Å². The fourth-order valence-corrected chi connectivity index (χ4v) is 4.33. The van der Waals surface area contributed by atoms with Gasteiger partial charge < -0.3 is 9.80 Å². The van der Waals surface area contributed by atoms with E-state index in [0.29, 0.717) is 13.0 Å². The molecule has 2 aromatic carbocycles. The minimum Gasteiger partial charge on any atom is -0.343 e. The molecule has 0 saturated carbocycles. The molecule has 1 aromatic heterocycles. The van der Waals surface area contributed by atoms with Crippen LogP contribution in [0.4, 0.5) is 5.13 Å². The first-order valence-corrected chi connectivity index (χ1v) is 11.0. The monoisotopic (exact) mass is 406 g/mol. The van der Waals surface area contributed by atoms with Gasteiger partial charge in [0.1, 0.15) is 5.82 Å². The summed E-state index contributed by atoms with van der Waals surface area (Å²) in [5.41, 5.74) is 2.41. The van der Waals surface area contributed by atoms with Gasteiger partial charge in [0.2, 0.25) is 11.0 Å². The zero-order chi connectivity index (χ0) is 19.9. The highest BCUT2D eigenvalue weighted by Crippen LogP contribution is 2.22. The maximum Gasteiger partial charge on any atom is 0.224 e. The van der Waals surface area contributed by atoms with Crippen molar-refractivity contribution in [1.82, 2.24) is 14.3 Å². The van der Waals surface area contributed by atoms with Crippen LogP contribution in [-0.4, -0.2) is 39.8 Å². The molecule has 1 amide bonds. The largest absolute Gasteiger partial charge is 0.343 e. The third-order valence-electron chi connectivity index (χ3n) is 5.20. The van der Waals surface area contributed by atoms with Crippen molar-refractivity contribution in [3.63, 3.8) is 0 Å². The smallest absolute Gasteiger partial charge is 0.224 e. The Kier molecular flexibility index (Phi) is 6.52. The van der Waals surface area contributed by atoms with Gasteiger partial charge in [-0.15, -0.1) is 0 Å². The maximum atomic E-state index is 12.5. The molecule has 0 bridgehead atoms. The summed E-state index contributed by atoms with van der Waals surface area (Å²) in [5, 5.41) is 0.883. The van der Waals surface area contributed by atoms with Gasteiger partial charge in [0.05, 0.1) is 0 Å². The number of aromatic nitrogens is 2. The van der Waals surface area contributed by atoms with Gasteiger partial charge in [-0.25, -0.2) is 4.98 Å². The molecule has 3 aromatic rings. The quantitative estimate of drug-likeness (QED) is 0.564. The van der Waals surface area contributed by atoms with Crippen molar-refractivity contribution in [3.8, 4) is 0 Å². The summed E-state index contributed by atoms with van der Waals surface area (Å²) in [4.78, 5) is 21.5. The normalized spacial score (nSPS) is 13.6. The highest BCUT2D eigenvalue weighted by atomic mass is 32.1. The van der Waals surface area contributed by atoms with Crippen LogP contribution in [0, 0.1) is 0 Å². The van der Waals surface area contributed by atoms with E-state index < -0.39 is 0 Å². The van der Waals surface area contributed by atoms with Gasteiger partial charge in [-0.1, -0.05) is 60.7 Å². The van der Waals surface area contributed by atoms with Gasteiger partial charge >= 0.3 is 0 Å². The average Bonchev–Trinajstić information content (AvgIpc) is 3.45. The van der Waals surface area contributed by atoms with E-state index in [1.165, 1.54) is 22.7 Å². The molecule has 0 N–H and O–H groups in total. The van der Waals surface area contributed by atoms with E-state index in [1.807, 2.05) is 41.3 Å². The Morgan fingerprint density at radius 3 is 2.31 bits per heavy atom. The lowest BCUT2D eigenvalue weighted by atomic mass is 10.1. The van der Waals surface area contributed by atoms with Crippen LogP contribution in [0.15, 0.2) is 60.7 Å². The minimum absolute atomic E-state index is 0.245. The Morgan fingerprint density at radius 1 is 0.966 bits per heavy atom. The zero-order valence-electron chi connectivity index (χ0n) is 16.5. The zero-order valence-corrected chi connectivity index (χ0v) is 17.4. The first-order valence-electron chi connectivity index (χ1n) is 10.2. The molecule has 1 aliphatic heterocycles. The third kappa shape index (κ3) is 5.41. The summed E-state index contributed by atoms with van der Waals surface area (Å²) in [5.74, 6) is 1.08.